The minimum atomic E-state index is -4.48. The number of halogens is 3. The zero-order valence-corrected chi connectivity index (χ0v) is 17.1. The van der Waals surface area contributed by atoms with E-state index in [0.29, 0.717) is 11.4 Å². The van der Waals surface area contributed by atoms with Crippen LogP contribution < -0.4 is 15.0 Å². The van der Waals surface area contributed by atoms with E-state index in [9.17, 15) is 22.8 Å². The van der Waals surface area contributed by atoms with Crippen molar-refractivity contribution in [3.8, 4) is 5.75 Å². The third-order valence-electron chi connectivity index (χ3n) is 5.07. The van der Waals surface area contributed by atoms with Crippen molar-refractivity contribution in [3.63, 3.8) is 0 Å². The van der Waals surface area contributed by atoms with E-state index in [4.69, 9.17) is 4.74 Å². The number of ether oxygens (including phenoxy) is 1. The predicted molar refractivity (Wildman–Crippen MR) is 109 cm³/mol. The van der Waals surface area contributed by atoms with E-state index >= 15 is 0 Å². The second-order valence-corrected chi connectivity index (χ2v) is 7.20. The molecule has 1 aliphatic heterocycles. The molecule has 0 bridgehead atoms. The van der Waals surface area contributed by atoms with Crippen LogP contribution in [0.5, 0.6) is 5.75 Å². The van der Waals surface area contributed by atoms with Gasteiger partial charge in [-0.25, -0.2) is 4.98 Å². The van der Waals surface area contributed by atoms with Crippen LogP contribution >= 0.6 is 0 Å². The molecule has 2 amide bonds. The number of aromatic nitrogens is 3. The van der Waals surface area contributed by atoms with Crippen LogP contribution in [0.25, 0.3) is 0 Å². The normalized spacial score (nSPS) is 16.0. The molecule has 2 aromatic heterocycles. The molecule has 3 heterocycles. The predicted octanol–water partition coefficient (Wildman–Crippen LogP) is 3.78. The Morgan fingerprint density at radius 1 is 1.16 bits per heavy atom. The van der Waals surface area contributed by atoms with Gasteiger partial charge in [0.25, 0.3) is 11.8 Å². The summed E-state index contributed by atoms with van der Waals surface area (Å²) in [6, 6.07) is 7.18. The molecule has 0 aliphatic carbocycles. The molecular weight excluding hydrogens is 427 g/mol. The van der Waals surface area contributed by atoms with Gasteiger partial charge in [-0.05, 0) is 43.3 Å². The number of carbonyl (C=O) groups excluding carboxylic acids is 2. The number of rotatable bonds is 4. The summed E-state index contributed by atoms with van der Waals surface area (Å²) in [7, 11) is 1.49. The molecule has 1 unspecified atom stereocenters. The maximum absolute atomic E-state index is 13.2. The molecule has 0 saturated heterocycles. The standard InChI is InChI=1S/C21H18F3N5O3/c1-12-11-28(14-5-3-13(4-6-14)21(22,23)24)20(31)18-16(10-26-29(12)18)19(30)27-17-8-7-15(32-2)9-25-17/h3-10,12H,11H2,1-2H3,(H,25,27,30). The third kappa shape index (κ3) is 3.88. The lowest BCUT2D eigenvalue weighted by molar-refractivity contribution is -0.137. The molecule has 4 rings (SSSR count). The van der Waals surface area contributed by atoms with Gasteiger partial charge in [-0.3, -0.25) is 14.3 Å². The number of anilines is 2. The molecule has 3 aromatic rings. The van der Waals surface area contributed by atoms with Crippen LogP contribution in [-0.4, -0.2) is 40.2 Å². The summed E-state index contributed by atoms with van der Waals surface area (Å²) in [5, 5.41) is 6.78. The summed E-state index contributed by atoms with van der Waals surface area (Å²) in [5.74, 6) is -0.347. The van der Waals surface area contributed by atoms with E-state index in [1.807, 2.05) is 0 Å². The van der Waals surface area contributed by atoms with Crippen LogP contribution in [0.3, 0.4) is 0 Å². The average molecular weight is 445 g/mol. The molecule has 1 aromatic carbocycles. The molecule has 1 aliphatic rings. The fourth-order valence-electron chi connectivity index (χ4n) is 3.44. The molecule has 8 nitrogen and oxygen atoms in total. The van der Waals surface area contributed by atoms with Gasteiger partial charge in [-0.2, -0.15) is 18.3 Å². The number of hydrogen-bond donors (Lipinski definition) is 1. The number of benzene rings is 1. The number of nitrogens with one attached hydrogen (secondary N) is 1. The Labute approximate surface area is 180 Å². The molecule has 0 spiro atoms. The van der Waals surface area contributed by atoms with Crippen molar-refractivity contribution in [2.45, 2.75) is 19.1 Å². The first kappa shape index (κ1) is 21.3. The average Bonchev–Trinajstić information content (AvgIpc) is 3.23. The first-order chi connectivity index (χ1) is 15.2. The first-order valence-corrected chi connectivity index (χ1v) is 9.57. The van der Waals surface area contributed by atoms with Crippen molar-refractivity contribution in [3.05, 3.63) is 65.6 Å². The van der Waals surface area contributed by atoms with Gasteiger partial charge in [-0.15, -0.1) is 0 Å². The number of alkyl halides is 3. The molecule has 166 valence electrons. The highest BCUT2D eigenvalue weighted by Gasteiger charge is 2.36. The van der Waals surface area contributed by atoms with Gasteiger partial charge in [0.1, 0.15) is 17.3 Å². The Kier molecular flexibility index (Phi) is 5.33. The van der Waals surface area contributed by atoms with E-state index in [2.05, 4.69) is 15.4 Å². The lowest BCUT2D eigenvalue weighted by Gasteiger charge is -2.32. The zero-order valence-electron chi connectivity index (χ0n) is 17.1. The quantitative estimate of drug-likeness (QED) is 0.660. The van der Waals surface area contributed by atoms with Crippen molar-refractivity contribution >= 4 is 23.3 Å². The van der Waals surface area contributed by atoms with Gasteiger partial charge in [-0.1, -0.05) is 0 Å². The Hall–Kier alpha value is -3.89. The number of hydrogen-bond acceptors (Lipinski definition) is 5. The second kappa shape index (κ2) is 7.98. The van der Waals surface area contributed by atoms with Gasteiger partial charge in [0.05, 0.1) is 36.7 Å². The summed E-state index contributed by atoms with van der Waals surface area (Å²) in [5.41, 5.74) is -0.424. The van der Waals surface area contributed by atoms with Crippen molar-refractivity contribution in [2.75, 3.05) is 23.9 Å². The Morgan fingerprint density at radius 2 is 1.88 bits per heavy atom. The van der Waals surface area contributed by atoms with Crippen LogP contribution in [0, 0.1) is 0 Å². The summed E-state index contributed by atoms with van der Waals surface area (Å²) in [6.07, 6.45) is -1.75. The Balaban J connectivity index is 1.62. The second-order valence-electron chi connectivity index (χ2n) is 7.20. The third-order valence-corrected chi connectivity index (χ3v) is 5.07. The molecule has 0 fully saturated rings. The monoisotopic (exact) mass is 445 g/mol. The topological polar surface area (TPSA) is 89.3 Å². The van der Waals surface area contributed by atoms with E-state index in [-0.39, 0.29) is 29.7 Å². The van der Waals surface area contributed by atoms with Gasteiger partial charge < -0.3 is 15.0 Å². The highest BCUT2D eigenvalue weighted by molar-refractivity contribution is 6.15. The molecule has 0 radical (unpaired) electrons. The van der Waals surface area contributed by atoms with E-state index in [1.165, 1.54) is 41.2 Å². The van der Waals surface area contributed by atoms with Crippen molar-refractivity contribution in [2.24, 2.45) is 0 Å². The molecular formula is C21H18F3N5O3. The highest BCUT2D eigenvalue weighted by atomic mass is 19.4. The van der Waals surface area contributed by atoms with Gasteiger partial charge in [0, 0.05) is 12.2 Å². The number of pyridine rings is 1. The van der Waals surface area contributed by atoms with Crippen LogP contribution in [0.1, 0.15) is 39.4 Å². The summed E-state index contributed by atoms with van der Waals surface area (Å²) in [4.78, 5) is 31.4. The summed E-state index contributed by atoms with van der Waals surface area (Å²) < 4.78 is 45.1. The van der Waals surface area contributed by atoms with Gasteiger partial charge >= 0.3 is 6.18 Å². The largest absolute Gasteiger partial charge is 0.495 e. The maximum atomic E-state index is 13.2. The van der Waals surface area contributed by atoms with Crippen LogP contribution in [-0.2, 0) is 6.18 Å². The highest BCUT2D eigenvalue weighted by Crippen LogP contribution is 2.33. The fraction of sp³-hybridized carbons (Fsp3) is 0.238. The maximum Gasteiger partial charge on any atom is 0.416 e. The van der Waals surface area contributed by atoms with E-state index in [0.717, 1.165) is 12.1 Å². The number of nitrogens with zero attached hydrogens (tertiary/aromatic N) is 4. The van der Waals surface area contributed by atoms with Gasteiger partial charge in [0.2, 0.25) is 0 Å². The zero-order chi connectivity index (χ0) is 23.0. The number of amides is 2. The van der Waals surface area contributed by atoms with Crippen molar-refractivity contribution < 1.29 is 27.5 Å². The number of methoxy groups -OCH3 is 1. The summed E-state index contributed by atoms with van der Waals surface area (Å²) in [6.45, 7) is 1.99. The SMILES string of the molecule is COc1ccc(NC(=O)c2cnn3c2C(=O)N(c2ccc(C(F)(F)F)cc2)CC3C)nc1. The Morgan fingerprint density at radius 3 is 2.47 bits per heavy atom. The first-order valence-electron chi connectivity index (χ1n) is 9.57. The minimum absolute atomic E-state index is 0.0380. The lowest BCUT2D eigenvalue weighted by atomic mass is 10.1. The number of fused-ring (bicyclic) bond motifs is 1. The molecule has 1 atom stereocenters. The fourth-order valence-corrected chi connectivity index (χ4v) is 3.44. The van der Waals surface area contributed by atoms with E-state index < -0.39 is 23.6 Å². The van der Waals surface area contributed by atoms with Crippen LogP contribution in [0.4, 0.5) is 24.7 Å². The molecule has 32 heavy (non-hydrogen) atoms. The van der Waals surface area contributed by atoms with Gasteiger partial charge in [0.15, 0.2) is 0 Å². The molecule has 11 heteroatoms. The van der Waals surface area contributed by atoms with Crippen molar-refractivity contribution in [1.82, 2.24) is 14.8 Å². The van der Waals surface area contributed by atoms with Crippen molar-refractivity contribution in [1.29, 1.82) is 0 Å². The van der Waals surface area contributed by atoms with Crippen LogP contribution in [0.2, 0.25) is 0 Å². The molecule has 0 saturated carbocycles. The van der Waals surface area contributed by atoms with E-state index in [1.54, 1.807) is 19.1 Å². The number of carbonyl (C=O) groups is 2. The smallest absolute Gasteiger partial charge is 0.416 e. The minimum Gasteiger partial charge on any atom is -0.495 e. The Bertz CT molecular complexity index is 1160. The lowest BCUT2D eigenvalue weighted by Crippen LogP contribution is -2.43. The molecule has 1 N–H and O–H groups in total. The summed E-state index contributed by atoms with van der Waals surface area (Å²) >= 11 is 0. The van der Waals surface area contributed by atoms with Crippen LogP contribution in [0.15, 0.2) is 48.8 Å².